The number of para-hydroxylation sites is 1. The van der Waals surface area contributed by atoms with Crippen LogP contribution >= 0.6 is 0 Å². The predicted octanol–water partition coefficient (Wildman–Crippen LogP) is 2.84. The number of nitrogens with one attached hydrogen (secondary N) is 2. The summed E-state index contributed by atoms with van der Waals surface area (Å²) < 4.78 is 0. The van der Waals surface area contributed by atoms with Crippen molar-refractivity contribution in [3.63, 3.8) is 0 Å². The summed E-state index contributed by atoms with van der Waals surface area (Å²) in [5.41, 5.74) is 2.27. The Hall–Kier alpha value is -3.99. The van der Waals surface area contributed by atoms with E-state index in [9.17, 15) is 10.1 Å². The van der Waals surface area contributed by atoms with Crippen molar-refractivity contribution in [1.82, 2.24) is 20.6 Å². The summed E-state index contributed by atoms with van der Waals surface area (Å²) in [5.74, 6) is 0.0912. The molecule has 8 nitrogen and oxygen atoms in total. The van der Waals surface area contributed by atoms with Crippen LogP contribution in [0.1, 0.15) is 23.1 Å². The Morgan fingerprint density at radius 2 is 2.07 bits per heavy atom. The highest BCUT2D eigenvalue weighted by atomic mass is 16.2. The molecule has 0 saturated heterocycles. The van der Waals surface area contributed by atoms with Crippen LogP contribution in [0.4, 0.5) is 11.4 Å². The Bertz CT molecular complexity index is 975. The van der Waals surface area contributed by atoms with Gasteiger partial charge in [0, 0.05) is 29.7 Å². The minimum absolute atomic E-state index is 0.102. The number of nitriles is 1. The summed E-state index contributed by atoms with van der Waals surface area (Å²) in [5, 5.41) is 25.5. The van der Waals surface area contributed by atoms with Gasteiger partial charge in [-0.3, -0.25) is 4.79 Å². The maximum absolute atomic E-state index is 12.9. The quantitative estimate of drug-likeness (QED) is 0.655. The summed E-state index contributed by atoms with van der Waals surface area (Å²) in [6, 6.07) is 18.6. The zero-order valence-corrected chi connectivity index (χ0v) is 14.6. The Kier molecular flexibility index (Phi) is 5.54. The number of aromatic nitrogens is 4. The number of nitrogens with zero attached hydrogens (tertiary/aromatic N) is 5. The Morgan fingerprint density at radius 3 is 2.74 bits per heavy atom. The van der Waals surface area contributed by atoms with Gasteiger partial charge < -0.3 is 10.2 Å². The Labute approximate surface area is 156 Å². The van der Waals surface area contributed by atoms with Crippen molar-refractivity contribution in [2.75, 3.05) is 16.8 Å². The fraction of sp³-hybridized carbons (Fsp3) is 0.105. The van der Waals surface area contributed by atoms with Gasteiger partial charge in [-0.25, -0.2) is 0 Å². The molecule has 0 unspecified atom stereocenters. The Morgan fingerprint density at radius 1 is 1.26 bits per heavy atom. The molecule has 0 bridgehead atoms. The van der Waals surface area contributed by atoms with Crippen LogP contribution in [-0.4, -0.2) is 33.1 Å². The van der Waals surface area contributed by atoms with E-state index < -0.39 is 0 Å². The molecule has 0 aliphatic carbocycles. The number of H-pyrrole nitrogens is 1. The van der Waals surface area contributed by atoms with Gasteiger partial charge in [-0.1, -0.05) is 24.3 Å². The second-order valence-electron chi connectivity index (χ2n) is 5.52. The zero-order valence-electron chi connectivity index (χ0n) is 14.6. The van der Waals surface area contributed by atoms with Crippen molar-refractivity contribution < 1.29 is 4.79 Å². The normalized spacial score (nSPS) is 10.9. The number of rotatable bonds is 6. The van der Waals surface area contributed by atoms with Crippen LogP contribution in [0.2, 0.25) is 0 Å². The van der Waals surface area contributed by atoms with Crippen molar-refractivity contribution in [3.05, 3.63) is 72.2 Å². The third-order valence-corrected chi connectivity index (χ3v) is 3.83. The summed E-state index contributed by atoms with van der Waals surface area (Å²) in [7, 11) is 0. The van der Waals surface area contributed by atoms with Crippen LogP contribution in [0.15, 0.2) is 60.8 Å². The topological polar surface area (TPSA) is 111 Å². The number of carbonyl (C=O) groups excluding carboxylic acids is 1. The van der Waals surface area contributed by atoms with Crippen LogP contribution in [-0.2, 0) is 0 Å². The molecule has 0 fully saturated rings. The van der Waals surface area contributed by atoms with E-state index in [1.807, 2.05) is 43.3 Å². The van der Waals surface area contributed by atoms with Crippen LogP contribution in [0.25, 0.3) is 5.57 Å². The van der Waals surface area contributed by atoms with E-state index in [0.29, 0.717) is 17.8 Å². The first kappa shape index (κ1) is 17.8. The molecular formula is C19H17N7O. The monoisotopic (exact) mass is 359 g/mol. The van der Waals surface area contributed by atoms with Crippen LogP contribution in [0.3, 0.4) is 0 Å². The highest BCUT2D eigenvalue weighted by molar-refractivity contribution is 6.06. The number of hydrogen-bond donors (Lipinski definition) is 2. The lowest BCUT2D eigenvalue weighted by atomic mass is 10.1. The molecule has 27 heavy (non-hydrogen) atoms. The number of allylic oxidation sites excluding steroid dienone is 1. The molecule has 1 amide bonds. The zero-order chi connectivity index (χ0) is 19.1. The number of amides is 1. The van der Waals surface area contributed by atoms with E-state index in [1.54, 1.807) is 29.2 Å². The third-order valence-electron chi connectivity index (χ3n) is 3.83. The molecule has 1 heterocycles. The van der Waals surface area contributed by atoms with Crippen molar-refractivity contribution in [2.45, 2.75) is 6.92 Å². The number of aromatic amines is 1. The molecule has 0 saturated carbocycles. The number of tetrazole rings is 1. The molecule has 8 heteroatoms. The van der Waals surface area contributed by atoms with E-state index in [-0.39, 0.29) is 17.3 Å². The average Bonchev–Trinajstić information content (AvgIpc) is 3.25. The van der Waals surface area contributed by atoms with Gasteiger partial charge in [-0.05, 0) is 42.5 Å². The van der Waals surface area contributed by atoms with Gasteiger partial charge in [-0.2, -0.15) is 10.5 Å². The summed E-state index contributed by atoms with van der Waals surface area (Å²) in [4.78, 5) is 14.6. The first-order valence-electron chi connectivity index (χ1n) is 8.30. The summed E-state index contributed by atoms with van der Waals surface area (Å²) in [6.07, 6.45) is 1.48. The van der Waals surface area contributed by atoms with Crippen molar-refractivity contribution in [3.8, 4) is 6.07 Å². The predicted molar refractivity (Wildman–Crippen MR) is 102 cm³/mol. The van der Waals surface area contributed by atoms with E-state index in [1.165, 1.54) is 6.20 Å². The van der Waals surface area contributed by atoms with Gasteiger partial charge in [0.15, 0.2) is 0 Å². The maximum atomic E-state index is 12.9. The molecule has 2 N–H and O–H groups in total. The molecule has 1 aromatic heterocycles. The molecule has 3 aromatic rings. The van der Waals surface area contributed by atoms with Crippen LogP contribution in [0.5, 0.6) is 0 Å². The molecule has 0 spiro atoms. The van der Waals surface area contributed by atoms with E-state index in [0.717, 1.165) is 5.69 Å². The largest absolute Gasteiger partial charge is 0.360 e. The number of anilines is 2. The molecule has 2 aromatic carbocycles. The van der Waals surface area contributed by atoms with Gasteiger partial charge in [-0.15, -0.1) is 10.2 Å². The highest BCUT2D eigenvalue weighted by Crippen LogP contribution is 2.19. The van der Waals surface area contributed by atoms with Crippen molar-refractivity contribution >= 4 is 22.9 Å². The minimum Gasteiger partial charge on any atom is -0.360 e. The van der Waals surface area contributed by atoms with Gasteiger partial charge in [0.05, 0.1) is 0 Å². The second kappa shape index (κ2) is 8.40. The van der Waals surface area contributed by atoms with Gasteiger partial charge >= 0.3 is 0 Å². The molecular weight excluding hydrogens is 342 g/mol. The van der Waals surface area contributed by atoms with E-state index in [4.69, 9.17) is 0 Å². The fourth-order valence-corrected chi connectivity index (χ4v) is 2.53. The van der Waals surface area contributed by atoms with Crippen molar-refractivity contribution in [1.29, 1.82) is 5.26 Å². The minimum atomic E-state index is -0.102. The average molecular weight is 359 g/mol. The molecule has 0 aliphatic rings. The number of carbonyl (C=O) groups is 1. The van der Waals surface area contributed by atoms with E-state index in [2.05, 4.69) is 25.9 Å². The standard InChI is InChI=1S/C19H17N7O/c1-2-26(17-9-4-3-5-10-17)19(27)14-7-6-8-16(11-14)21-13-15(12-20)18-22-24-25-23-18/h3-11,13,21H,2H2,1H3,(H,22,23,24,25). The number of hydrogen-bond acceptors (Lipinski definition) is 6. The second-order valence-corrected chi connectivity index (χ2v) is 5.52. The highest BCUT2D eigenvalue weighted by Gasteiger charge is 2.16. The summed E-state index contributed by atoms with van der Waals surface area (Å²) >= 11 is 0. The number of benzene rings is 2. The maximum Gasteiger partial charge on any atom is 0.258 e. The lowest BCUT2D eigenvalue weighted by Gasteiger charge is -2.21. The smallest absolute Gasteiger partial charge is 0.258 e. The lowest BCUT2D eigenvalue weighted by molar-refractivity contribution is 0.0988. The first-order chi connectivity index (χ1) is 13.2. The van der Waals surface area contributed by atoms with Crippen LogP contribution < -0.4 is 10.2 Å². The molecule has 134 valence electrons. The van der Waals surface area contributed by atoms with Gasteiger partial charge in [0.25, 0.3) is 5.91 Å². The lowest BCUT2D eigenvalue weighted by Crippen LogP contribution is -2.30. The molecule has 3 rings (SSSR count). The molecule has 0 radical (unpaired) electrons. The molecule has 0 aliphatic heterocycles. The van der Waals surface area contributed by atoms with E-state index >= 15 is 0 Å². The summed E-state index contributed by atoms with van der Waals surface area (Å²) in [6.45, 7) is 2.48. The SMILES string of the molecule is CCN(C(=O)c1cccc(NC=C(C#N)c2nn[nH]n2)c1)c1ccccc1. The van der Waals surface area contributed by atoms with Gasteiger partial charge in [0.2, 0.25) is 5.82 Å². The first-order valence-corrected chi connectivity index (χ1v) is 8.30. The molecule has 0 atom stereocenters. The fourth-order valence-electron chi connectivity index (χ4n) is 2.53. The van der Waals surface area contributed by atoms with Crippen LogP contribution in [0, 0.1) is 11.3 Å². The third kappa shape index (κ3) is 4.16. The Balaban J connectivity index is 1.81. The van der Waals surface area contributed by atoms with Crippen molar-refractivity contribution in [2.24, 2.45) is 0 Å². The van der Waals surface area contributed by atoms with Gasteiger partial charge in [0.1, 0.15) is 11.6 Å².